The van der Waals surface area contributed by atoms with Crippen LogP contribution < -0.4 is 0 Å². The van der Waals surface area contributed by atoms with Gasteiger partial charge in [0.2, 0.25) is 0 Å². The highest BCUT2D eigenvalue weighted by Crippen LogP contribution is 2.13. The quantitative estimate of drug-likeness (QED) is 0.795. The van der Waals surface area contributed by atoms with Crippen molar-refractivity contribution in [2.24, 2.45) is 0 Å². The summed E-state index contributed by atoms with van der Waals surface area (Å²) in [5.74, 6) is -0.345. The molecule has 0 bridgehead atoms. The van der Waals surface area contributed by atoms with Crippen molar-refractivity contribution in [3.8, 4) is 0 Å². The van der Waals surface area contributed by atoms with Crippen molar-refractivity contribution in [1.82, 2.24) is 4.90 Å². The highest BCUT2D eigenvalue weighted by atomic mass is 16.6. The number of esters is 1. The molecule has 0 radical (unpaired) electrons. The fourth-order valence-electron chi connectivity index (χ4n) is 1.95. The van der Waals surface area contributed by atoms with Gasteiger partial charge < -0.3 is 9.47 Å². The van der Waals surface area contributed by atoms with Gasteiger partial charge in [0, 0.05) is 19.5 Å². The molecular formula is C15H17NO4. The van der Waals surface area contributed by atoms with Gasteiger partial charge in [-0.1, -0.05) is 36.4 Å². The molecule has 0 fully saturated rings. The van der Waals surface area contributed by atoms with E-state index in [1.54, 1.807) is 12.3 Å². The molecule has 5 heteroatoms. The minimum atomic E-state index is -0.443. The topological polar surface area (TPSA) is 55.8 Å². The van der Waals surface area contributed by atoms with Gasteiger partial charge in [-0.3, -0.25) is 9.69 Å². The Kier molecular flexibility index (Phi) is 4.76. The number of carbonyl (C=O) groups excluding carboxylic acids is 2. The van der Waals surface area contributed by atoms with Crippen molar-refractivity contribution in [3.05, 3.63) is 48.2 Å². The summed E-state index contributed by atoms with van der Waals surface area (Å²) in [6, 6.07) is 9.46. The van der Waals surface area contributed by atoms with E-state index in [1.807, 2.05) is 30.3 Å². The van der Waals surface area contributed by atoms with E-state index < -0.39 is 6.09 Å². The molecule has 0 spiro atoms. The molecule has 1 aliphatic heterocycles. The fourth-order valence-corrected chi connectivity index (χ4v) is 1.95. The van der Waals surface area contributed by atoms with Gasteiger partial charge in [0.1, 0.15) is 12.7 Å². The number of carbonyl (C=O) groups is 2. The first-order valence-corrected chi connectivity index (χ1v) is 6.46. The number of hydrogen-bond acceptors (Lipinski definition) is 4. The number of nitrogens with zero attached hydrogens (tertiary/aromatic N) is 1. The normalized spacial score (nSPS) is 17.6. The summed E-state index contributed by atoms with van der Waals surface area (Å²) in [7, 11) is 0. The summed E-state index contributed by atoms with van der Waals surface area (Å²) in [6.45, 7) is 1.91. The van der Waals surface area contributed by atoms with E-state index in [-0.39, 0.29) is 18.7 Å². The summed E-state index contributed by atoms with van der Waals surface area (Å²) in [6.07, 6.45) is 3.32. The summed E-state index contributed by atoms with van der Waals surface area (Å²) in [5.41, 5.74) is 0.929. The van der Waals surface area contributed by atoms with Gasteiger partial charge in [-0.25, -0.2) is 4.79 Å². The lowest BCUT2D eigenvalue weighted by molar-refractivity contribution is -0.146. The largest absolute Gasteiger partial charge is 0.460 e. The second-order valence-corrected chi connectivity index (χ2v) is 4.54. The molecule has 0 aliphatic carbocycles. The van der Waals surface area contributed by atoms with E-state index in [9.17, 15) is 9.59 Å². The van der Waals surface area contributed by atoms with Gasteiger partial charge in [0.05, 0.1) is 6.54 Å². The summed E-state index contributed by atoms with van der Waals surface area (Å²) >= 11 is 0. The van der Waals surface area contributed by atoms with Crippen molar-refractivity contribution in [2.75, 3.05) is 6.54 Å². The third-order valence-corrected chi connectivity index (χ3v) is 2.86. The smallest absolute Gasteiger partial charge is 0.414 e. The first-order valence-electron chi connectivity index (χ1n) is 6.46. The van der Waals surface area contributed by atoms with Crippen LogP contribution in [-0.2, 0) is 20.9 Å². The van der Waals surface area contributed by atoms with Gasteiger partial charge in [0.25, 0.3) is 0 Å². The maximum Gasteiger partial charge on any atom is 0.414 e. The van der Waals surface area contributed by atoms with Crippen molar-refractivity contribution in [3.63, 3.8) is 0 Å². The monoisotopic (exact) mass is 275 g/mol. The van der Waals surface area contributed by atoms with Crippen LogP contribution in [0.15, 0.2) is 42.6 Å². The molecule has 20 heavy (non-hydrogen) atoms. The molecule has 2 rings (SSSR count). The number of benzene rings is 1. The van der Waals surface area contributed by atoms with Crippen LogP contribution in [0.1, 0.15) is 18.9 Å². The standard InChI is InChI=1S/C15H17NO4/c1-12(17)20-14-8-5-9-16(10-14)15(18)19-11-13-6-3-2-4-7-13/h2-7,9,14H,8,10-11H2,1H3/t14-/m1/s1. The van der Waals surface area contributed by atoms with Crippen LogP contribution in [0.25, 0.3) is 0 Å². The molecule has 0 saturated carbocycles. The number of ether oxygens (including phenoxy) is 2. The van der Waals surface area contributed by atoms with Crippen LogP contribution >= 0.6 is 0 Å². The van der Waals surface area contributed by atoms with E-state index in [1.165, 1.54) is 11.8 Å². The Labute approximate surface area is 117 Å². The minimum absolute atomic E-state index is 0.224. The Morgan fingerprint density at radius 1 is 1.30 bits per heavy atom. The molecule has 0 N–H and O–H groups in total. The molecule has 0 unspecified atom stereocenters. The number of rotatable bonds is 3. The Hall–Kier alpha value is -2.30. The zero-order chi connectivity index (χ0) is 14.4. The average Bonchev–Trinajstić information content (AvgIpc) is 2.45. The van der Waals surface area contributed by atoms with Crippen LogP contribution in [0.3, 0.4) is 0 Å². The zero-order valence-corrected chi connectivity index (χ0v) is 11.3. The SMILES string of the molecule is CC(=O)O[C@@H]1CC=CN(C(=O)OCc2ccccc2)C1. The Morgan fingerprint density at radius 2 is 2.05 bits per heavy atom. The number of amides is 1. The fraction of sp³-hybridized carbons (Fsp3) is 0.333. The molecular weight excluding hydrogens is 258 g/mol. The molecule has 1 amide bonds. The average molecular weight is 275 g/mol. The van der Waals surface area contributed by atoms with Crippen molar-refractivity contribution in [2.45, 2.75) is 26.1 Å². The van der Waals surface area contributed by atoms with Crippen molar-refractivity contribution >= 4 is 12.1 Å². The molecule has 0 saturated heterocycles. The lowest BCUT2D eigenvalue weighted by Gasteiger charge is -2.26. The molecule has 1 atom stereocenters. The molecule has 1 heterocycles. The highest BCUT2D eigenvalue weighted by Gasteiger charge is 2.23. The van der Waals surface area contributed by atoms with E-state index in [2.05, 4.69) is 0 Å². The maximum absolute atomic E-state index is 11.9. The van der Waals surface area contributed by atoms with Gasteiger partial charge in [-0.15, -0.1) is 0 Å². The molecule has 106 valence electrons. The zero-order valence-electron chi connectivity index (χ0n) is 11.3. The van der Waals surface area contributed by atoms with Gasteiger partial charge >= 0.3 is 12.1 Å². The third kappa shape index (κ3) is 4.12. The van der Waals surface area contributed by atoms with Crippen molar-refractivity contribution < 1.29 is 19.1 Å². The first-order chi connectivity index (χ1) is 9.65. The minimum Gasteiger partial charge on any atom is -0.460 e. The van der Waals surface area contributed by atoms with E-state index in [4.69, 9.17) is 9.47 Å². The van der Waals surface area contributed by atoms with E-state index in [0.29, 0.717) is 13.0 Å². The summed E-state index contributed by atoms with van der Waals surface area (Å²) in [5, 5.41) is 0. The summed E-state index contributed by atoms with van der Waals surface area (Å²) in [4.78, 5) is 24.2. The second-order valence-electron chi connectivity index (χ2n) is 4.54. The predicted octanol–water partition coefficient (Wildman–Crippen LogP) is 2.47. The lowest BCUT2D eigenvalue weighted by Crippen LogP contribution is -2.38. The number of hydrogen-bond donors (Lipinski definition) is 0. The van der Waals surface area contributed by atoms with Gasteiger partial charge in [-0.05, 0) is 5.56 Å². The van der Waals surface area contributed by atoms with Gasteiger partial charge in [0.15, 0.2) is 0 Å². The molecule has 1 aliphatic rings. The van der Waals surface area contributed by atoms with Crippen LogP contribution in [0, 0.1) is 0 Å². The van der Waals surface area contributed by atoms with Crippen LogP contribution in [0.5, 0.6) is 0 Å². The molecule has 5 nitrogen and oxygen atoms in total. The molecule has 0 aromatic heterocycles. The lowest BCUT2D eigenvalue weighted by atomic mass is 10.2. The predicted molar refractivity (Wildman–Crippen MR) is 72.6 cm³/mol. The Balaban J connectivity index is 1.84. The Bertz CT molecular complexity index is 498. The maximum atomic E-state index is 11.9. The highest BCUT2D eigenvalue weighted by molar-refractivity contribution is 5.69. The van der Waals surface area contributed by atoms with Crippen LogP contribution in [0.4, 0.5) is 4.79 Å². The first kappa shape index (κ1) is 14.1. The van der Waals surface area contributed by atoms with Crippen LogP contribution in [0.2, 0.25) is 0 Å². The van der Waals surface area contributed by atoms with E-state index >= 15 is 0 Å². The van der Waals surface area contributed by atoms with Crippen molar-refractivity contribution in [1.29, 1.82) is 0 Å². The summed E-state index contributed by atoms with van der Waals surface area (Å²) < 4.78 is 10.3. The third-order valence-electron chi connectivity index (χ3n) is 2.86. The second kappa shape index (κ2) is 6.75. The van der Waals surface area contributed by atoms with Crippen LogP contribution in [-0.4, -0.2) is 29.6 Å². The van der Waals surface area contributed by atoms with Gasteiger partial charge in [-0.2, -0.15) is 0 Å². The molecule has 1 aromatic carbocycles. The Morgan fingerprint density at radius 3 is 2.75 bits per heavy atom. The molecule has 1 aromatic rings. The van der Waals surface area contributed by atoms with E-state index in [0.717, 1.165) is 5.56 Å².